The van der Waals surface area contributed by atoms with Gasteiger partial charge < -0.3 is 14.8 Å². The van der Waals surface area contributed by atoms with Gasteiger partial charge in [0.1, 0.15) is 5.82 Å². The molecule has 2 aliphatic heterocycles. The standard InChI is InChI=1S/C21H28N4O2/c1-15-21(11-5-13-24(2)20(21)27)12-6-14-25(15)19(26)10-9-18-22-16-7-3-4-8-17(16)23-18/h3-4,7-8,15H,5-6,9-14H2,1-2H3,(H,22,23)/t15-,21+/m1/s1. The summed E-state index contributed by atoms with van der Waals surface area (Å²) in [5, 5.41) is 0. The number of aryl methyl sites for hydroxylation is 1. The number of amides is 2. The van der Waals surface area contributed by atoms with Crippen LogP contribution < -0.4 is 0 Å². The summed E-state index contributed by atoms with van der Waals surface area (Å²) >= 11 is 0. The quantitative estimate of drug-likeness (QED) is 0.906. The smallest absolute Gasteiger partial charge is 0.230 e. The molecule has 1 aromatic carbocycles. The predicted octanol–water partition coefficient (Wildman–Crippen LogP) is 2.75. The number of carbonyl (C=O) groups is 2. The zero-order valence-electron chi connectivity index (χ0n) is 16.2. The van der Waals surface area contributed by atoms with Gasteiger partial charge in [-0.3, -0.25) is 9.59 Å². The highest BCUT2D eigenvalue weighted by Gasteiger charge is 2.51. The lowest BCUT2D eigenvalue weighted by atomic mass is 9.68. The molecule has 1 N–H and O–H groups in total. The van der Waals surface area contributed by atoms with E-state index >= 15 is 0 Å². The number of nitrogens with one attached hydrogen (secondary N) is 1. The van der Waals surface area contributed by atoms with Crippen molar-refractivity contribution in [2.75, 3.05) is 20.1 Å². The van der Waals surface area contributed by atoms with Crippen LogP contribution >= 0.6 is 0 Å². The van der Waals surface area contributed by atoms with Crippen LogP contribution in [0.15, 0.2) is 24.3 Å². The largest absolute Gasteiger partial charge is 0.345 e. The lowest BCUT2D eigenvalue weighted by Gasteiger charge is -2.51. The third-order valence-electron chi connectivity index (χ3n) is 6.51. The van der Waals surface area contributed by atoms with Gasteiger partial charge in [-0.25, -0.2) is 4.98 Å². The van der Waals surface area contributed by atoms with Gasteiger partial charge in [-0.05, 0) is 44.7 Å². The minimum Gasteiger partial charge on any atom is -0.345 e. The van der Waals surface area contributed by atoms with Gasteiger partial charge in [0.15, 0.2) is 0 Å². The molecule has 2 aromatic rings. The number of benzene rings is 1. The van der Waals surface area contributed by atoms with Crippen molar-refractivity contribution < 1.29 is 9.59 Å². The molecule has 144 valence electrons. The summed E-state index contributed by atoms with van der Waals surface area (Å²) in [6, 6.07) is 7.87. The maximum Gasteiger partial charge on any atom is 0.230 e. The summed E-state index contributed by atoms with van der Waals surface area (Å²) in [7, 11) is 1.89. The van der Waals surface area contributed by atoms with Crippen molar-refractivity contribution in [3.05, 3.63) is 30.1 Å². The van der Waals surface area contributed by atoms with E-state index in [9.17, 15) is 9.59 Å². The van der Waals surface area contributed by atoms with Crippen molar-refractivity contribution in [3.8, 4) is 0 Å². The average molecular weight is 368 g/mol. The van der Waals surface area contributed by atoms with E-state index in [4.69, 9.17) is 0 Å². The number of imidazole rings is 1. The zero-order chi connectivity index (χ0) is 19.0. The van der Waals surface area contributed by atoms with E-state index in [1.807, 2.05) is 41.1 Å². The molecule has 1 aromatic heterocycles. The molecule has 0 saturated carbocycles. The molecule has 2 atom stereocenters. The Labute approximate surface area is 159 Å². The van der Waals surface area contributed by atoms with Gasteiger partial charge in [0.25, 0.3) is 0 Å². The Morgan fingerprint density at radius 2 is 2.00 bits per heavy atom. The fourth-order valence-electron chi connectivity index (χ4n) is 4.94. The van der Waals surface area contributed by atoms with Gasteiger partial charge in [-0.1, -0.05) is 12.1 Å². The van der Waals surface area contributed by atoms with Crippen LogP contribution in [-0.2, 0) is 16.0 Å². The number of fused-ring (bicyclic) bond motifs is 1. The Morgan fingerprint density at radius 3 is 2.78 bits per heavy atom. The monoisotopic (exact) mass is 368 g/mol. The van der Waals surface area contributed by atoms with Crippen LogP contribution in [0.1, 0.15) is 44.9 Å². The van der Waals surface area contributed by atoms with Crippen molar-refractivity contribution in [1.29, 1.82) is 0 Å². The minimum atomic E-state index is -0.389. The van der Waals surface area contributed by atoms with E-state index in [1.54, 1.807) is 0 Å². The molecule has 1 spiro atoms. The average Bonchev–Trinajstić information content (AvgIpc) is 3.09. The fourth-order valence-corrected chi connectivity index (χ4v) is 4.94. The first-order valence-electron chi connectivity index (χ1n) is 10.00. The second-order valence-electron chi connectivity index (χ2n) is 8.05. The van der Waals surface area contributed by atoms with Crippen LogP contribution in [0.25, 0.3) is 11.0 Å². The lowest BCUT2D eigenvalue weighted by Crippen LogP contribution is -2.61. The molecule has 2 amide bonds. The van der Waals surface area contributed by atoms with E-state index in [1.165, 1.54) is 0 Å². The van der Waals surface area contributed by atoms with Crippen molar-refractivity contribution >= 4 is 22.8 Å². The highest BCUT2D eigenvalue weighted by molar-refractivity contribution is 5.86. The SMILES string of the molecule is C[C@H]1N(C(=O)CCc2nc3ccccc3[nH]2)CCC[C@@]12CCCN(C)C2=O. The van der Waals surface area contributed by atoms with E-state index in [2.05, 4.69) is 16.9 Å². The Balaban J connectivity index is 1.45. The van der Waals surface area contributed by atoms with E-state index < -0.39 is 0 Å². The molecule has 3 heterocycles. The Morgan fingerprint density at radius 1 is 1.26 bits per heavy atom. The first kappa shape index (κ1) is 18.0. The summed E-state index contributed by atoms with van der Waals surface area (Å²) in [6.45, 7) is 3.64. The van der Waals surface area contributed by atoms with E-state index in [0.717, 1.165) is 55.6 Å². The summed E-state index contributed by atoms with van der Waals surface area (Å²) < 4.78 is 0. The van der Waals surface area contributed by atoms with Gasteiger partial charge >= 0.3 is 0 Å². The summed E-state index contributed by atoms with van der Waals surface area (Å²) in [5.74, 6) is 1.19. The zero-order valence-corrected chi connectivity index (χ0v) is 16.2. The molecule has 27 heavy (non-hydrogen) atoms. The maximum absolute atomic E-state index is 13.0. The first-order valence-corrected chi connectivity index (χ1v) is 10.00. The lowest BCUT2D eigenvalue weighted by molar-refractivity contribution is -0.158. The molecular formula is C21H28N4O2. The molecular weight excluding hydrogens is 340 g/mol. The van der Waals surface area contributed by atoms with Crippen LogP contribution in [0.5, 0.6) is 0 Å². The fraction of sp³-hybridized carbons (Fsp3) is 0.571. The predicted molar refractivity (Wildman–Crippen MR) is 104 cm³/mol. The minimum absolute atomic E-state index is 0.0373. The third-order valence-corrected chi connectivity index (χ3v) is 6.51. The number of para-hydroxylation sites is 2. The van der Waals surface area contributed by atoms with Crippen LogP contribution in [0, 0.1) is 5.41 Å². The topological polar surface area (TPSA) is 69.3 Å². The van der Waals surface area contributed by atoms with Crippen LogP contribution in [-0.4, -0.2) is 57.8 Å². The van der Waals surface area contributed by atoms with Gasteiger partial charge in [-0.15, -0.1) is 0 Å². The number of aromatic nitrogens is 2. The van der Waals surface area contributed by atoms with Crippen molar-refractivity contribution in [3.63, 3.8) is 0 Å². The van der Waals surface area contributed by atoms with E-state index in [0.29, 0.717) is 12.8 Å². The number of carbonyl (C=O) groups excluding carboxylic acids is 2. The number of hydrogen-bond donors (Lipinski definition) is 1. The number of hydrogen-bond acceptors (Lipinski definition) is 3. The molecule has 0 aliphatic carbocycles. The number of rotatable bonds is 3. The van der Waals surface area contributed by atoms with Gasteiger partial charge in [-0.2, -0.15) is 0 Å². The molecule has 0 bridgehead atoms. The van der Waals surface area contributed by atoms with Gasteiger partial charge in [0, 0.05) is 39.0 Å². The maximum atomic E-state index is 13.0. The Kier molecular flexibility index (Phi) is 4.66. The molecule has 6 heteroatoms. The van der Waals surface area contributed by atoms with Crippen LogP contribution in [0.3, 0.4) is 0 Å². The summed E-state index contributed by atoms with van der Waals surface area (Å²) in [6.07, 6.45) is 4.73. The number of H-pyrrole nitrogens is 1. The number of likely N-dealkylation sites (tertiary alicyclic amines) is 2. The highest BCUT2D eigenvalue weighted by atomic mass is 16.2. The van der Waals surface area contributed by atoms with Crippen molar-refractivity contribution in [2.45, 2.75) is 51.5 Å². The summed E-state index contributed by atoms with van der Waals surface area (Å²) in [5.41, 5.74) is 1.54. The molecule has 2 fully saturated rings. The van der Waals surface area contributed by atoms with E-state index in [-0.39, 0.29) is 23.3 Å². The van der Waals surface area contributed by atoms with Crippen LogP contribution in [0.4, 0.5) is 0 Å². The Hall–Kier alpha value is -2.37. The molecule has 2 aliphatic rings. The van der Waals surface area contributed by atoms with Crippen molar-refractivity contribution in [2.24, 2.45) is 5.41 Å². The molecule has 6 nitrogen and oxygen atoms in total. The third kappa shape index (κ3) is 3.11. The first-order chi connectivity index (χ1) is 13.0. The second-order valence-corrected chi connectivity index (χ2v) is 8.05. The van der Waals surface area contributed by atoms with Crippen LogP contribution in [0.2, 0.25) is 0 Å². The number of aromatic amines is 1. The van der Waals surface area contributed by atoms with Gasteiger partial charge in [0.2, 0.25) is 11.8 Å². The Bertz CT molecular complexity index is 824. The normalized spacial score (nSPS) is 26.1. The van der Waals surface area contributed by atoms with Crippen molar-refractivity contribution in [1.82, 2.24) is 19.8 Å². The molecule has 0 radical (unpaired) electrons. The molecule has 0 unspecified atom stereocenters. The molecule has 4 rings (SSSR count). The summed E-state index contributed by atoms with van der Waals surface area (Å²) in [4.78, 5) is 37.6. The number of piperidine rings is 2. The second kappa shape index (κ2) is 6.98. The number of nitrogens with zero attached hydrogens (tertiary/aromatic N) is 3. The molecule has 2 saturated heterocycles. The van der Waals surface area contributed by atoms with Gasteiger partial charge in [0.05, 0.1) is 16.4 Å². The highest BCUT2D eigenvalue weighted by Crippen LogP contribution is 2.43.